The quantitative estimate of drug-likeness (QED) is 0.495. The van der Waals surface area contributed by atoms with E-state index < -0.39 is 0 Å². The molecule has 0 fully saturated rings. The Bertz CT molecular complexity index is 1140. The maximum atomic E-state index is 6.45. The van der Waals surface area contributed by atoms with Crippen LogP contribution in [0.2, 0.25) is 0 Å². The maximum Gasteiger partial charge on any atom is 0.177 e. The zero-order valence-electron chi connectivity index (χ0n) is 16.7. The van der Waals surface area contributed by atoms with Crippen molar-refractivity contribution in [2.45, 2.75) is 12.3 Å². The predicted octanol–water partition coefficient (Wildman–Crippen LogP) is 5.68. The lowest BCUT2D eigenvalue weighted by molar-refractivity contribution is 0.134. The Hall–Kier alpha value is -3.30. The fourth-order valence-electron chi connectivity index (χ4n) is 4.09. The lowest BCUT2D eigenvalue weighted by Gasteiger charge is -2.35. The van der Waals surface area contributed by atoms with E-state index in [2.05, 4.69) is 115 Å². The highest BCUT2D eigenvalue weighted by Crippen LogP contribution is 2.42. The second-order valence-corrected chi connectivity index (χ2v) is 7.69. The number of ether oxygens (including phenoxy) is 1. The standard InChI is InChI=1S/C26H24N2O/c1-28(2)21-15-12-20(13-16-21)26-27-25(19-9-4-3-5-10-19)24-22-11-7-6-8-18(22)14-17-23(24)29-26/h3-17,25-27H,1-2H3/t25-,26-/m1/s1. The summed E-state index contributed by atoms with van der Waals surface area (Å²) in [5.41, 5.74) is 4.74. The number of anilines is 1. The molecular formula is C26H24N2O. The number of hydrogen-bond acceptors (Lipinski definition) is 3. The van der Waals surface area contributed by atoms with Crippen molar-refractivity contribution in [1.82, 2.24) is 5.32 Å². The molecule has 0 aromatic heterocycles. The second kappa shape index (κ2) is 7.26. The first-order chi connectivity index (χ1) is 14.2. The molecule has 0 radical (unpaired) electrons. The normalized spacial score (nSPS) is 18.1. The van der Waals surface area contributed by atoms with Gasteiger partial charge in [0.25, 0.3) is 0 Å². The highest BCUT2D eigenvalue weighted by Gasteiger charge is 2.31. The Morgan fingerprint density at radius 1 is 0.724 bits per heavy atom. The smallest absolute Gasteiger partial charge is 0.177 e. The lowest BCUT2D eigenvalue weighted by Crippen LogP contribution is -2.35. The van der Waals surface area contributed by atoms with E-state index in [-0.39, 0.29) is 12.3 Å². The van der Waals surface area contributed by atoms with Gasteiger partial charge in [0.05, 0.1) is 6.04 Å². The van der Waals surface area contributed by atoms with Gasteiger partial charge in [0.15, 0.2) is 6.23 Å². The molecule has 3 heteroatoms. The molecule has 4 aromatic rings. The van der Waals surface area contributed by atoms with Crippen LogP contribution in [0.5, 0.6) is 5.75 Å². The Morgan fingerprint density at radius 2 is 1.45 bits per heavy atom. The predicted molar refractivity (Wildman–Crippen MR) is 120 cm³/mol. The van der Waals surface area contributed by atoms with Gasteiger partial charge in [0.2, 0.25) is 0 Å². The van der Waals surface area contributed by atoms with Gasteiger partial charge in [-0.1, -0.05) is 72.8 Å². The van der Waals surface area contributed by atoms with Gasteiger partial charge in [-0.2, -0.15) is 0 Å². The van der Waals surface area contributed by atoms with Crippen molar-refractivity contribution < 1.29 is 4.74 Å². The summed E-state index contributed by atoms with van der Waals surface area (Å²) in [5.74, 6) is 0.943. The monoisotopic (exact) mass is 380 g/mol. The Morgan fingerprint density at radius 3 is 2.21 bits per heavy atom. The van der Waals surface area contributed by atoms with Crippen LogP contribution in [0.3, 0.4) is 0 Å². The summed E-state index contributed by atoms with van der Waals surface area (Å²) in [4.78, 5) is 2.10. The minimum atomic E-state index is -0.204. The van der Waals surface area contributed by atoms with Crippen LogP contribution < -0.4 is 15.0 Å². The van der Waals surface area contributed by atoms with E-state index in [1.54, 1.807) is 0 Å². The molecule has 3 nitrogen and oxygen atoms in total. The van der Waals surface area contributed by atoms with E-state index in [9.17, 15) is 0 Å². The third-order valence-electron chi connectivity index (χ3n) is 5.63. The zero-order valence-corrected chi connectivity index (χ0v) is 16.7. The third-order valence-corrected chi connectivity index (χ3v) is 5.63. The summed E-state index contributed by atoms with van der Waals surface area (Å²) < 4.78 is 6.45. The molecule has 1 heterocycles. The van der Waals surface area contributed by atoms with Gasteiger partial charge < -0.3 is 9.64 Å². The number of rotatable bonds is 3. The molecule has 1 N–H and O–H groups in total. The molecule has 0 unspecified atom stereocenters. The number of fused-ring (bicyclic) bond motifs is 3. The van der Waals surface area contributed by atoms with Crippen LogP contribution >= 0.6 is 0 Å². The Balaban J connectivity index is 1.62. The van der Waals surface area contributed by atoms with E-state index in [1.807, 2.05) is 0 Å². The van der Waals surface area contributed by atoms with Crippen LogP contribution in [0.4, 0.5) is 5.69 Å². The number of nitrogens with zero attached hydrogens (tertiary/aromatic N) is 1. The van der Waals surface area contributed by atoms with Crippen molar-refractivity contribution in [2.24, 2.45) is 0 Å². The van der Waals surface area contributed by atoms with Crippen LogP contribution in [-0.2, 0) is 0 Å². The first-order valence-electron chi connectivity index (χ1n) is 9.97. The largest absolute Gasteiger partial charge is 0.471 e. The van der Waals surface area contributed by atoms with E-state index in [4.69, 9.17) is 4.74 Å². The number of benzene rings is 4. The Kier molecular flexibility index (Phi) is 4.45. The highest BCUT2D eigenvalue weighted by molar-refractivity contribution is 5.89. The molecule has 29 heavy (non-hydrogen) atoms. The van der Waals surface area contributed by atoms with Crippen molar-refractivity contribution in [3.8, 4) is 5.75 Å². The molecule has 0 amide bonds. The first-order valence-corrected chi connectivity index (χ1v) is 9.97. The van der Waals surface area contributed by atoms with E-state index in [0.29, 0.717) is 0 Å². The molecule has 0 aliphatic carbocycles. The summed E-state index contributed by atoms with van der Waals surface area (Å²) in [7, 11) is 4.11. The third kappa shape index (κ3) is 3.24. The van der Waals surface area contributed by atoms with Gasteiger partial charge in [-0.3, -0.25) is 5.32 Å². The SMILES string of the molecule is CN(C)c1ccc([C@@H]2N[C@H](c3ccccc3)c3c(ccc4ccccc34)O2)cc1. The topological polar surface area (TPSA) is 24.5 Å². The molecule has 0 saturated carbocycles. The molecule has 144 valence electrons. The second-order valence-electron chi connectivity index (χ2n) is 7.69. The van der Waals surface area contributed by atoms with Crippen LogP contribution in [-0.4, -0.2) is 14.1 Å². The summed E-state index contributed by atoms with van der Waals surface area (Å²) in [6.07, 6.45) is -0.204. The maximum absolute atomic E-state index is 6.45. The fraction of sp³-hybridized carbons (Fsp3) is 0.154. The van der Waals surface area contributed by atoms with Gasteiger partial charge >= 0.3 is 0 Å². The molecule has 0 saturated heterocycles. The average molecular weight is 380 g/mol. The Labute approximate surface area is 171 Å². The molecule has 1 aliphatic rings. The van der Waals surface area contributed by atoms with Crippen LogP contribution in [0, 0.1) is 0 Å². The minimum absolute atomic E-state index is 0.0598. The fourth-order valence-corrected chi connectivity index (χ4v) is 4.09. The van der Waals surface area contributed by atoms with Gasteiger partial charge in [-0.25, -0.2) is 0 Å². The van der Waals surface area contributed by atoms with Crippen molar-refractivity contribution in [3.63, 3.8) is 0 Å². The summed E-state index contributed by atoms with van der Waals surface area (Å²) in [6, 6.07) is 32.0. The minimum Gasteiger partial charge on any atom is -0.471 e. The number of hydrogen-bond donors (Lipinski definition) is 1. The van der Waals surface area contributed by atoms with Crippen molar-refractivity contribution in [1.29, 1.82) is 0 Å². The molecule has 1 aliphatic heterocycles. The van der Waals surface area contributed by atoms with Crippen LogP contribution in [0.1, 0.15) is 29.0 Å². The average Bonchev–Trinajstić information content (AvgIpc) is 2.78. The zero-order chi connectivity index (χ0) is 19.8. The summed E-state index contributed by atoms with van der Waals surface area (Å²) >= 11 is 0. The molecule has 4 aromatic carbocycles. The van der Waals surface area contributed by atoms with Crippen LogP contribution in [0.25, 0.3) is 10.8 Å². The van der Waals surface area contributed by atoms with Gasteiger partial charge in [0, 0.05) is 30.9 Å². The first kappa shape index (κ1) is 17.8. The van der Waals surface area contributed by atoms with Crippen LogP contribution in [0.15, 0.2) is 91.0 Å². The summed E-state index contributed by atoms with van der Waals surface area (Å²) in [5, 5.41) is 6.20. The van der Waals surface area contributed by atoms with Gasteiger partial charge in [-0.15, -0.1) is 0 Å². The molecule has 0 bridgehead atoms. The van der Waals surface area contributed by atoms with Crippen molar-refractivity contribution in [3.05, 3.63) is 108 Å². The molecule has 5 rings (SSSR count). The van der Waals surface area contributed by atoms with E-state index in [1.165, 1.54) is 27.6 Å². The van der Waals surface area contributed by atoms with E-state index in [0.717, 1.165) is 11.3 Å². The molecular weight excluding hydrogens is 356 g/mol. The van der Waals surface area contributed by atoms with Gasteiger partial charge in [-0.05, 0) is 34.5 Å². The summed E-state index contributed by atoms with van der Waals surface area (Å²) in [6.45, 7) is 0. The lowest BCUT2D eigenvalue weighted by atomic mass is 9.91. The highest BCUT2D eigenvalue weighted by atomic mass is 16.5. The van der Waals surface area contributed by atoms with Crippen molar-refractivity contribution >= 4 is 16.5 Å². The molecule has 0 spiro atoms. The van der Waals surface area contributed by atoms with Crippen molar-refractivity contribution in [2.75, 3.05) is 19.0 Å². The van der Waals surface area contributed by atoms with E-state index >= 15 is 0 Å². The van der Waals surface area contributed by atoms with Gasteiger partial charge in [0.1, 0.15) is 5.75 Å². The molecule has 2 atom stereocenters. The number of nitrogens with one attached hydrogen (secondary N) is 1.